The number of fused-ring (bicyclic) bond motifs is 4. The second kappa shape index (κ2) is 5.33. The lowest BCUT2D eigenvalue weighted by Crippen LogP contribution is -2.47. The average molecular weight is 391 g/mol. The number of rotatable bonds is 3. The summed E-state index contributed by atoms with van der Waals surface area (Å²) < 4.78 is 14.6. The molecule has 0 aromatic carbocycles. The van der Waals surface area contributed by atoms with Gasteiger partial charge in [0.2, 0.25) is 0 Å². The zero-order valence-corrected chi connectivity index (χ0v) is 18.3. The van der Waals surface area contributed by atoms with Crippen LogP contribution in [0.15, 0.2) is 21.7 Å². The number of nitrogens with zero attached hydrogens (tertiary/aromatic N) is 1. The van der Waals surface area contributed by atoms with E-state index < -0.39 is 19.7 Å². The fraction of sp³-hybridized carbons (Fsp3) is 0.700. The molecule has 1 aliphatic carbocycles. The predicted octanol–water partition coefficient (Wildman–Crippen LogP) is 2.91. The van der Waals surface area contributed by atoms with Gasteiger partial charge in [0.05, 0.1) is 18.4 Å². The van der Waals surface area contributed by atoms with E-state index in [1.165, 1.54) is 6.07 Å². The number of aromatic amines is 1. The highest BCUT2D eigenvalue weighted by atomic mass is 28.4. The number of hydrogen-bond acceptors (Lipinski definition) is 4. The third-order valence-corrected chi connectivity index (χ3v) is 11.8. The molecule has 6 nitrogen and oxygen atoms in total. The van der Waals surface area contributed by atoms with E-state index in [1.54, 1.807) is 4.57 Å². The summed E-state index contributed by atoms with van der Waals surface area (Å²) in [6.07, 6.45) is 3.73. The van der Waals surface area contributed by atoms with E-state index in [9.17, 15) is 9.59 Å². The van der Waals surface area contributed by atoms with Crippen molar-refractivity contribution in [3.05, 3.63) is 38.7 Å². The Morgan fingerprint density at radius 2 is 1.96 bits per heavy atom. The van der Waals surface area contributed by atoms with Gasteiger partial charge in [0.15, 0.2) is 14.0 Å². The predicted molar refractivity (Wildman–Crippen MR) is 107 cm³/mol. The first-order valence-corrected chi connectivity index (χ1v) is 12.6. The molecule has 7 heteroatoms. The molecule has 1 aromatic rings. The van der Waals surface area contributed by atoms with E-state index in [-0.39, 0.29) is 28.0 Å². The standard InChI is InChI=1S/C20H30N2O4Si/c1-18(2,3)27(6,7)25-11-13-15-16(19(15,4)5)20(26-13)9-8-12-10-14(23)21-17(24)22(12)20/h8-10,13,15-16H,11H2,1-7H3,(H,21,23,24)/t13-,15-,16+,20+/m1/s1. The molecule has 3 heterocycles. The maximum absolute atomic E-state index is 12.6. The van der Waals surface area contributed by atoms with E-state index in [1.807, 2.05) is 12.2 Å². The van der Waals surface area contributed by atoms with Gasteiger partial charge in [-0.05, 0) is 35.7 Å². The maximum Gasteiger partial charge on any atom is 0.331 e. The Kier molecular flexibility index (Phi) is 3.73. The van der Waals surface area contributed by atoms with Gasteiger partial charge in [-0.2, -0.15) is 0 Å². The van der Waals surface area contributed by atoms with Crippen LogP contribution >= 0.6 is 0 Å². The maximum atomic E-state index is 12.6. The Morgan fingerprint density at radius 1 is 1.30 bits per heavy atom. The van der Waals surface area contributed by atoms with E-state index in [0.29, 0.717) is 18.2 Å². The van der Waals surface area contributed by atoms with E-state index >= 15 is 0 Å². The third kappa shape index (κ3) is 2.51. The molecule has 0 unspecified atom stereocenters. The fourth-order valence-corrected chi connectivity index (χ4v) is 5.82. The number of ether oxygens (including phenoxy) is 1. The lowest BCUT2D eigenvalue weighted by Gasteiger charge is -2.38. The van der Waals surface area contributed by atoms with Crippen LogP contribution in [0.2, 0.25) is 18.1 Å². The summed E-state index contributed by atoms with van der Waals surface area (Å²) in [5.41, 5.74) is -0.936. The molecule has 1 N–H and O–H groups in total. The highest BCUT2D eigenvalue weighted by Gasteiger charge is 2.76. The van der Waals surface area contributed by atoms with Crippen LogP contribution in [0.3, 0.4) is 0 Å². The normalized spacial score (nSPS) is 33.4. The number of H-pyrrole nitrogens is 1. The van der Waals surface area contributed by atoms with Gasteiger partial charge < -0.3 is 9.16 Å². The molecular formula is C20H30N2O4Si. The molecule has 1 spiro atoms. The van der Waals surface area contributed by atoms with Crippen molar-refractivity contribution in [2.75, 3.05) is 6.61 Å². The third-order valence-electron chi connectivity index (χ3n) is 7.32. The van der Waals surface area contributed by atoms with Gasteiger partial charge in [-0.25, -0.2) is 4.79 Å². The molecule has 1 saturated heterocycles. The summed E-state index contributed by atoms with van der Waals surface area (Å²) in [5, 5.41) is 0.137. The van der Waals surface area contributed by atoms with E-state index in [0.717, 1.165) is 0 Å². The van der Waals surface area contributed by atoms with Crippen molar-refractivity contribution in [1.82, 2.24) is 9.55 Å². The first kappa shape index (κ1) is 18.9. The topological polar surface area (TPSA) is 73.3 Å². The molecule has 0 bridgehead atoms. The Balaban J connectivity index is 1.66. The second-order valence-corrected chi connectivity index (χ2v) is 15.1. The molecule has 3 aliphatic rings. The molecule has 2 fully saturated rings. The van der Waals surface area contributed by atoms with Crippen LogP contribution in [0, 0.1) is 17.3 Å². The monoisotopic (exact) mass is 390 g/mol. The SMILES string of the molecule is CC1(C)[C@@H]2[C@@H](CO[Si](C)(C)C(C)(C)C)O[C@@]3(C=Cc4cc(=O)[nH]c(=O)n43)[C@@H]21. The Labute approximate surface area is 160 Å². The van der Waals surface area contributed by atoms with E-state index in [2.05, 4.69) is 52.7 Å². The van der Waals surface area contributed by atoms with Crippen molar-refractivity contribution in [2.45, 2.75) is 64.6 Å². The molecule has 148 valence electrons. The molecular weight excluding hydrogens is 360 g/mol. The Hall–Kier alpha value is -1.44. The van der Waals surface area contributed by atoms with Crippen molar-refractivity contribution in [2.24, 2.45) is 17.3 Å². The first-order valence-electron chi connectivity index (χ1n) is 9.69. The summed E-state index contributed by atoms with van der Waals surface area (Å²) in [7, 11) is -1.89. The van der Waals surface area contributed by atoms with Crippen LogP contribution in [0.5, 0.6) is 0 Å². The summed E-state index contributed by atoms with van der Waals surface area (Å²) >= 11 is 0. The molecule has 2 aliphatic heterocycles. The lowest BCUT2D eigenvalue weighted by atomic mass is 9.99. The number of hydrogen-bond donors (Lipinski definition) is 1. The summed E-state index contributed by atoms with van der Waals surface area (Å²) in [4.78, 5) is 26.7. The van der Waals surface area contributed by atoms with Gasteiger partial charge >= 0.3 is 5.69 Å². The van der Waals surface area contributed by atoms with Crippen LogP contribution < -0.4 is 11.2 Å². The molecule has 4 atom stereocenters. The van der Waals surface area contributed by atoms with Crippen molar-refractivity contribution < 1.29 is 9.16 Å². The molecule has 0 amide bonds. The van der Waals surface area contributed by atoms with Gasteiger partial charge in [-0.3, -0.25) is 14.3 Å². The first-order chi connectivity index (χ1) is 12.3. The lowest BCUT2D eigenvalue weighted by molar-refractivity contribution is -0.119. The smallest absolute Gasteiger partial charge is 0.331 e. The van der Waals surface area contributed by atoms with Crippen LogP contribution in [0.4, 0.5) is 0 Å². The van der Waals surface area contributed by atoms with Crippen LogP contribution in [-0.2, 0) is 14.9 Å². The van der Waals surface area contributed by atoms with Gasteiger partial charge in [-0.15, -0.1) is 0 Å². The molecule has 4 rings (SSSR count). The zero-order valence-electron chi connectivity index (χ0n) is 17.3. The summed E-state index contributed by atoms with van der Waals surface area (Å²) in [6.45, 7) is 16.2. The fourth-order valence-electron chi connectivity index (χ4n) is 4.81. The summed E-state index contributed by atoms with van der Waals surface area (Å²) in [5.74, 6) is 0.524. The van der Waals surface area contributed by atoms with Crippen LogP contribution in [0.1, 0.15) is 40.3 Å². The zero-order chi connectivity index (χ0) is 20.0. The minimum atomic E-state index is -1.89. The highest BCUT2D eigenvalue weighted by Crippen LogP contribution is 2.72. The highest BCUT2D eigenvalue weighted by molar-refractivity contribution is 6.74. The molecule has 1 aromatic heterocycles. The largest absolute Gasteiger partial charge is 0.414 e. The quantitative estimate of drug-likeness (QED) is 0.806. The molecule has 1 saturated carbocycles. The van der Waals surface area contributed by atoms with Crippen molar-refractivity contribution in [3.8, 4) is 0 Å². The van der Waals surface area contributed by atoms with Gasteiger partial charge in [-0.1, -0.05) is 34.6 Å². The molecule has 27 heavy (non-hydrogen) atoms. The average Bonchev–Trinajstić information content (AvgIpc) is 2.83. The van der Waals surface area contributed by atoms with Crippen LogP contribution in [-0.4, -0.2) is 30.6 Å². The minimum absolute atomic E-state index is 0.0568. The van der Waals surface area contributed by atoms with Crippen LogP contribution in [0.25, 0.3) is 6.08 Å². The number of nitrogens with one attached hydrogen (secondary N) is 1. The van der Waals surface area contributed by atoms with E-state index in [4.69, 9.17) is 9.16 Å². The number of aromatic nitrogens is 2. The van der Waals surface area contributed by atoms with Crippen molar-refractivity contribution in [1.29, 1.82) is 0 Å². The van der Waals surface area contributed by atoms with Gasteiger partial charge in [0, 0.05) is 17.9 Å². The van der Waals surface area contributed by atoms with Gasteiger partial charge in [0.1, 0.15) is 0 Å². The molecule has 0 radical (unpaired) electrons. The second-order valence-electron chi connectivity index (χ2n) is 10.3. The minimum Gasteiger partial charge on any atom is -0.414 e. The van der Waals surface area contributed by atoms with Crippen molar-refractivity contribution in [3.63, 3.8) is 0 Å². The van der Waals surface area contributed by atoms with Gasteiger partial charge in [0.25, 0.3) is 5.56 Å². The Morgan fingerprint density at radius 3 is 2.59 bits per heavy atom. The van der Waals surface area contributed by atoms with Crippen molar-refractivity contribution >= 4 is 14.4 Å². The summed E-state index contributed by atoms with van der Waals surface area (Å²) in [6, 6.07) is 1.46. The Bertz CT molecular complexity index is 937.